The topological polar surface area (TPSA) is 72.6 Å². The number of likely N-dealkylation sites (tertiary alicyclic amines) is 1. The summed E-state index contributed by atoms with van der Waals surface area (Å²) in [6.45, 7) is 3.26. The van der Waals surface area contributed by atoms with Crippen LogP contribution in [0.15, 0.2) is 24.3 Å². The molecule has 1 aromatic rings. The van der Waals surface area contributed by atoms with Gasteiger partial charge in [-0.3, -0.25) is 9.59 Å². The fraction of sp³-hybridized carbons (Fsp3) is 0.600. The highest BCUT2D eigenvalue weighted by molar-refractivity contribution is 5.78. The lowest BCUT2D eigenvalue weighted by atomic mass is 9.74. The minimum atomic E-state index is -0.356. The van der Waals surface area contributed by atoms with Crippen LogP contribution in [0.5, 0.6) is 5.75 Å². The van der Waals surface area contributed by atoms with E-state index in [1.165, 1.54) is 19.3 Å². The molecule has 1 aliphatic heterocycles. The van der Waals surface area contributed by atoms with Crippen molar-refractivity contribution in [2.24, 2.45) is 17.6 Å². The summed E-state index contributed by atoms with van der Waals surface area (Å²) in [4.78, 5) is 25.6. The van der Waals surface area contributed by atoms with Gasteiger partial charge in [0.15, 0.2) is 6.61 Å². The van der Waals surface area contributed by atoms with Gasteiger partial charge in [-0.05, 0) is 61.6 Å². The van der Waals surface area contributed by atoms with Gasteiger partial charge in [0.25, 0.3) is 5.91 Å². The Morgan fingerprint density at radius 3 is 2.68 bits per heavy atom. The number of carbonyl (C=O) groups is 2. The second-order valence-corrected chi connectivity index (χ2v) is 7.55. The van der Waals surface area contributed by atoms with Gasteiger partial charge in [-0.2, -0.15) is 0 Å². The summed E-state index contributed by atoms with van der Waals surface area (Å²) in [6, 6.07) is 7.59. The Labute approximate surface area is 149 Å². The number of rotatable bonds is 5. The summed E-state index contributed by atoms with van der Waals surface area (Å²) in [5.74, 6) is 1.82. The Balaban J connectivity index is 1.54. The minimum absolute atomic E-state index is 0.0773. The lowest BCUT2D eigenvalue weighted by Crippen LogP contribution is -2.51. The van der Waals surface area contributed by atoms with Crippen LogP contribution in [0.3, 0.4) is 0 Å². The maximum Gasteiger partial charge on any atom is 0.260 e. The average Bonchev–Trinajstić information content (AvgIpc) is 2.59. The lowest BCUT2D eigenvalue weighted by Gasteiger charge is -2.45. The molecular weight excluding hydrogens is 316 g/mol. The normalized spacial score (nSPS) is 26.0. The molecule has 2 fully saturated rings. The molecule has 25 heavy (non-hydrogen) atoms. The molecule has 0 bridgehead atoms. The Kier molecular flexibility index (Phi) is 5.61. The van der Waals surface area contributed by atoms with Crippen LogP contribution in [0.2, 0.25) is 0 Å². The number of carbonyl (C=O) groups excluding carboxylic acids is 2. The van der Waals surface area contributed by atoms with Gasteiger partial charge >= 0.3 is 0 Å². The van der Waals surface area contributed by atoms with E-state index in [4.69, 9.17) is 10.5 Å². The zero-order valence-corrected chi connectivity index (χ0v) is 14.9. The van der Waals surface area contributed by atoms with E-state index in [9.17, 15) is 9.59 Å². The van der Waals surface area contributed by atoms with E-state index in [-0.39, 0.29) is 24.8 Å². The molecule has 5 nitrogen and oxygen atoms in total. The maximum atomic E-state index is 12.7. The van der Waals surface area contributed by atoms with Gasteiger partial charge in [-0.15, -0.1) is 0 Å². The quantitative estimate of drug-likeness (QED) is 0.892. The molecule has 2 amide bonds. The number of nitrogens with two attached hydrogens (primary N) is 1. The number of piperidine rings is 1. The Morgan fingerprint density at radius 1 is 1.20 bits per heavy atom. The predicted octanol–water partition coefficient (Wildman–Crippen LogP) is 2.52. The highest BCUT2D eigenvalue weighted by atomic mass is 16.5. The van der Waals surface area contributed by atoms with Crippen molar-refractivity contribution in [2.45, 2.75) is 51.5 Å². The summed E-state index contributed by atoms with van der Waals surface area (Å²) >= 11 is 0. The van der Waals surface area contributed by atoms with Crippen molar-refractivity contribution in [1.82, 2.24) is 4.90 Å². The zero-order chi connectivity index (χ0) is 17.8. The summed E-state index contributed by atoms with van der Waals surface area (Å²) in [5, 5.41) is 0. The first kappa shape index (κ1) is 17.8. The highest BCUT2D eigenvalue weighted by Crippen LogP contribution is 2.37. The SMILES string of the molecule is CC1CCC2C(CCCN2C(=O)COc2ccc(CC(N)=O)cc2)C1. The number of benzene rings is 1. The first-order valence-electron chi connectivity index (χ1n) is 9.32. The fourth-order valence-electron chi connectivity index (χ4n) is 4.34. The van der Waals surface area contributed by atoms with E-state index in [2.05, 4.69) is 11.8 Å². The molecule has 1 aromatic carbocycles. The molecule has 136 valence electrons. The Bertz CT molecular complexity index is 614. The van der Waals surface area contributed by atoms with Crippen LogP contribution < -0.4 is 10.5 Å². The molecule has 3 unspecified atom stereocenters. The van der Waals surface area contributed by atoms with Gasteiger partial charge in [0.1, 0.15) is 5.75 Å². The molecule has 0 radical (unpaired) electrons. The summed E-state index contributed by atoms with van der Waals surface area (Å²) in [5.41, 5.74) is 6.03. The van der Waals surface area contributed by atoms with E-state index in [1.54, 1.807) is 12.1 Å². The van der Waals surface area contributed by atoms with Crippen molar-refractivity contribution in [3.8, 4) is 5.75 Å². The van der Waals surface area contributed by atoms with Crippen LogP contribution in [0, 0.1) is 11.8 Å². The molecule has 1 aliphatic carbocycles. The van der Waals surface area contributed by atoms with Crippen molar-refractivity contribution < 1.29 is 14.3 Å². The lowest BCUT2D eigenvalue weighted by molar-refractivity contribution is -0.140. The summed E-state index contributed by atoms with van der Waals surface area (Å²) < 4.78 is 5.67. The number of amides is 2. The zero-order valence-electron chi connectivity index (χ0n) is 14.9. The van der Waals surface area contributed by atoms with E-state index in [0.29, 0.717) is 17.7 Å². The number of fused-ring (bicyclic) bond motifs is 1. The molecule has 2 N–H and O–H groups in total. The number of hydrogen-bond acceptors (Lipinski definition) is 3. The Hall–Kier alpha value is -2.04. The van der Waals surface area contributed by atoms with E-state index in [0.717, 1.165) is 30.9 Å². The van der Waals surface area contributed by atoms with Crippen LogP contribution in [0.4, 0.5) is 0 Å². The third kappa shape index (κ3) is 4.53. The maximum absolute atomic E-state index is 12.7. The monoisotopic (exact) mass is 344 g/mol. The molecule has 2 aliphatic rings. The molecule has 1 heterocycles. The molecule has 5 heteroatoms. The molecule has 3 atom stereocenters. The van der Waals surface area contributed by atoms with E-state index < -0.39 is 0 Å². The molecule has 1 saturated heterocycles. The fourth-order valence-corrected chi connectivity index (χ4v) is 4.34. The molecule has 1 saturated carbocycles. The smallest absolute Gasteiger partial charge is 0.260 e. The summed E-state index contributed by atoms with van der Waals surface area (Å²) in [7, 11) is 0. The van der Waals surface area contributed by atoms with Crippen LogP contribution in [0.1, 0.15) is 44.6 Å². The standard InChI is InChI=1S/C20H28N2O3/c1-14-4-9-18-16(11-14)3-2-10-22(18)20(24)13-25-17-7-5-15(6-8-17)12-19(21)23/h5-8,14,16,18H,2-4,9-13H2,1H3,(H2,21,23). The first-order chi connectivity index (χ1) is 12.0. The minimum Gasteiger partial charge on any atom is -0.484 e. The first-order valence-corrected chi connectivity index (χ1v) is 9.32. The number of ether oxygens (including phenoxy) is 1. The van der Waals surface area contributed by atoms with Gasteiger partial charge in [-0.25, -0.2) is 0 Å². The predicted molar refractivity (Wildman–Crippen MR) is 96.1 cm³/mol. The Morgan fingerprint density at radius 2 is 1.96 bits per heavy atom. The van der Waals surface area contributed by atoms with E-state index >= 15 is 0 Å². The van der Waals surface area contributed by atoms with Crippen LogP contribution in [-0.4, -0.2) is 35.9 Å². The van der Waals surface area contributed by atoms with Crippen molar-refractivity contribution in [3.63, 3.8) is 0 Å². The van der Waals surface area contributed by atoms with Gasteiger partial charge in [0.2, 0.25) is 5.91 Å². The average molecular weight is 344 g/mol. The number of primary amides is 1. The number of nitrogens with zero attached hydrogens (tertiary/aromatic N) is 1. The van der Waals surface area contributed by atoms with Gasteiger partial charge < -0.3 is 15.4 Å². The van der Waals surface area contributed by atoms with Gasteiger partial charge in [0, 0.05) is 12.6 Å². The van der Waals surface area contributed by atoms with E-state index in [1.807, 2.05) is 12.1 Å². The van der Waals surface area contributed by atoms with Crippen LogP contribution >= 0.6 is 0 Å². The van der Waals surface area contributed by atoms with Crippen molar-refractivity contribution in [3.05, 3.63) is 29.8 Å². The van der Waals surface area contributed by atoms with Crippen LogP contribution in [-0.2, 0) is 16.0 Å². The molecular formula is C20H28N2O3. The summed E-state index contributed by atoms with van der Waals surface area (Å²) in [6.07, 6.45) is 6.15. The second-order valence-electron chi connectivity index (χ2n) is 7.55. The third-order valence-electron chi connectivity index (χ3n) is 5.56. The largest absolute Gasteiger partial charge is 0.484 e. The molecule has 3 rings (SSSR count). The van der Waals surface area contributed by atoms with Gasteiger partial charge in [-0.1, -0.05) is 19.1 Å². The van der Waals surface area contributed by atoms with Gasteiger partial charge in [0.05, 0.1) is 6.42 Å². The van der Waals surface area contributed by atoms with Crippen LogP contribution in [0.25, 0.3) is 0 Å². The molecule has 0 spiro atoms. The molecule has 0 aromatic heterocycles. The van der Waals surface area contributed by atoms with Crippen molar-refractivity contribution >= 4 is 11.8 Å². The third-order valence-corrected chi connectivity index (χ3v) is 5.56. The number of hydrogen-bond donors (Lipinski definition) is 1. The highest BCUT2D eigenvalue weighted by Gasteiger charge is 2.37. The van der Waals surface area contributed by atoms with Crippen molar-refractivity contribution in [1.29, 1.82) is 0 Å². The second kappa shape index (κ2) is 7.89. The van der Waals surface area contributed by atoms with Crippen molar-refractivity contribution in [2.75, 3.05) is 13.2 Å².